The van der Waals surface area contributed by atoms with Gasteiger partial charge in [-0.25, -0.2) is 0 Å². The third-order valence-corrected chi connectivity index (χ3v) is 3.37. The van der Waals surface area contributed by atoms with E-state index in [1.54, 1.807) is 0 Å². The minimum atomic E-state index is -0.840. The fourth-order valence-electron chi connectivity index (χ4n) is 2.50. The van der Waals surface area contributed by atoms with Crippen LogP contribution in [0.5, 0.6) is 0 Å². The molecule has 2 unspecified atom stereocenters. The minimum Gasteiger partial charge on any atom is -0.481 e. The van der Waals surface area contributed by atoms with Crippen LogP contribution in [0.3, 0.4) is 0 Å². The van der Waals surface area contributed by atoms with E-state index < -0.39 is 11.4 Å². The molecule has 0 aromatic carbocycles. The van der Waals surface area contributed by atoms with E-state index in [1.807, 2.05) is 6.92 Å². The summed E-state index contributed by atoms with van der Waals surface area (Å²) in [5.74, 6) is -1.36. The maximum atomic E-state index is 11.5. The number of carboxylic acid groups (broad SMARTS) is 1. The van der Waals surface area contributed by atoms with Gasteiger partial charge in [-0.15, -0.1) is 0 Å². The number of rotatable bonds is 3. The first-order chi connectivity index (χ1) is 6.99. The van der Waals surface area contributed by atoms with Gasteiger partial charge < -0.3 is 9.84 Å². The Labute approximate surface area is 89.6 Å². The number of methoxy groups -OCH3 is 1. The number of carbonyl (C=O) groups excluding carboxylic acids is 1. The molecule has 0 aromatic rings. The second-order valence-electron chi connectivity index (χ2n) is 4.55. The van der Waals surface area contributed by atoms with Crippen LogP contribution < -0.4 is 0 Å². The van der Waals surface area contributed by atoms with Crippen LogP contribution in [0, 0.1) is 11.3 Å². The number of hydrogen-bond acceptors (Lipinski definition) is 3. The Hall–Kier alpha value is -1.06. The Kier molecular flexibility index (Phi) is 3.72. The summed E-state index contributed by atoms with van der Waals surface area (Å²) < 4.78 is 4.73. The molecule has 4 heteroatoms. The predicted octanol–water partition coefficient (Wildman–Crippen LogP) is 1.83. The molecule has 0 aliphatic heterocycles. The van der Waals surface area contributed by atoms with Crippen molar-refractivity contribution in [3.8, 4) is 0 Å². The molecule has 1 fully saturated rings. The summed E-state index contributed by atoms with van der Waals surface area (Å²) in [6, 6.07) is 0. The van der Waals surface area contributed by atoms with Gasteiger partial charge in [-0.05, 0) is 18.3 Å². The van der Waals surface area contributed by atoms with Gasteiger partial charge in [-0.1, -0.05) is 19.8 Å². The lowest BCUT2D eigenvalue weighted by atomic mass is 9.65. The van der Waals surface area contributed by atoms with Crippen molar-refractivity contribution < 1.29 is 19.4 Å². The van der Waals surface area contributed by atoms with Crippen LogP contribution in [-0.2, 0) is 14.3 Å². The Bertz CT molecular complexity index is 261. The SMILES string of the molecule is COC(=O)C1CCCCC1(C)CC(=O)O. The monoisotopic (exact) mass is 214 g/mol. The molecule has 1 aliphatic rings. The molecule has 0 heterocycles. The number of carbonyl (C=O) groups is 2. The molecule has 1 aliphatic carbocycles. The summed E-state index contributed by atoms with van der Waals surface area (Å²) in [5.41, 5.74) is -0.433. The van der Waals surface area contributed by atoms with Gasteiger partial charge in [0.1, 0.15) is 0 Å². The molecule has 0 bridgehead atoms. The van der Waals surface area contributed by atoms with Gasteiger partial charge in [0.25, 0.3) is 0 Å². The first kappa shape index (κ1) is 12.0. The summed E-state index contributed by atoms with van der Waals surface area (Å²) in [4.78, 5) is 22.3. The van der Waals surface area contributed by atoms with E-state index >= 15 is 0 Å². The second-order valence-corrected chi connectivity index (χ2v) is 4.55. The molecule has 1 N–H and O–H groups in total. The summed E-state index contributed by atoms with van der Waals surface area (Å²) in [6.45, 7) is 1.88. The highest BCUT2D eigenvalue weighted by Crippen LogP contribution is 2.44. The van der Waals surface area contributed by atoms with Crippen LogP contribution in [0.1, 0.15) is 39.0 Å². The van der Waals surface area contributed by atoms with Crippen LogP contribution in [-0.4, -0.2) is 24.2 Å². The Morgan fingerprint density at radius 3 is 2.67 bits per heavy atom. The molecule has 86 valence electrons. The molecule has 15 heavy (non-hydrogen) atoms. The fraction of sp³-hybridized carbons (Fsp3) is 0.818. The topological polar surface area (TPSA) is 63.6 Å². The van der Waals surface area contributed by atoms with E-state index in [0.29, 0.717) is 0 Å². The summed E-state index contributed by atoms with van der Waals surface area (Å²) in [7, 11) is 1.36. The molecule has 0 radical (unpaired) electrons. The maximum Gasteiger partial charge on any atom is 0.309 e. The van der Waals surface area contributed by atoms with Gasteiger partial charge in [-0.3, -0.25) is 9.59 Å². The molecule has 0 amide bonds. The molecule has 0 aromatic heterocycles. The van der Waals surface area contributed by atoms with Crippen molar-refractivity contribution in [3.05, 3.63) is 0 Å². The molecule has 2 atom stereocenters. The fourth-order valence-corrected chi connectivity index (χ4v) is 2.50. The number of esters is 1. The smallest absolute Gasteiger partial charge is 0.309 e. The summed E-state index contributed by atoms with van der Waals surface area (Å²) in [5, 5.41) is 8.85. The van der Waals surface area contributed by atoms with E-state index in [1.165, 1.54) is 7.11 Å². The molecule has 1 rings (SSSR count). The van der Waals surface area contributed by atoms with Crippen molar-refractivity contribution in [3.63, 3.8) is 0 Å². The van der Waals surface area contributed by atoms with Crippen molar-refractivity contribution in [2.24, 2.45) is 11.3 Å². The van der Waals surface area contributed by atoms with Crippen LogP contribution in [0.2, 0.25) is 0 Å². The largest absolute Gasteiger partial charge is 0.481 e. The van der Waals surface area contributed by atoms with Crippen molar-refractivity contribution >= 4 is 11.9 Å². The lowest BCUT2D eigenvalue weighted by Crippen LogP contribution is -2.38. The van der Waals surface area contributed by atoms with Crippen LogP contribution in [0.4, 0.5) is 0 Å². The van der Waals surface area contributed by atoms with Crippen molar-refractivity contribution in [2.45, 2.75) is 39.0 Å². The number of carboxylic acids is 1. The summed E-state index contributed by atoms with van der Waals surface area (Å²) in [6.07, 6.45) is 3.56. The molecule has 0 spiro atoms. The highest BCUT2D eigenvalue weighted by atomic mass is 16.5. The second kappa shape index (κ2) is 4.64. The highest BCUT2D eigenvalue weighted by Gasteiger charge is 2.42. The normalized spacial score (nSPS) is 30.9. The average Bonchev–Trinajstić information content (AvgIpc) is 2.15. The van der Waals surface area contributed by atoms with Crippen LogP contribution in [0.15, 0.2) is 0 Å². The maximum absolute atomic E-state index is 11.5. The standard InChI is InChI=1S/C11H18O4/c1-11(7-9(12)13)6-4-3-5-8(11)10(14)15-2/h8H,3-7H2,1-2H3,(H,12,13). The third kappa shape index (κ3) is 2.70. The van der Waals surface area contributed by atoms with E-state index in [4.69, 9.17) is 9.84 Å². The third-order valence-electron chi connectivity index (χ3n) is 3.37. The van der Waals surface area contributed by atoms with Gasteiger partial charge in [0.05, 0.1) is 19.4 Å². The minimum absolute atomic E-state index is 0.0484. The van der Waals surface area contributed by atoms with Crippen molar-refractivity contribution in [1.29, 1.82) is 0 Å². The molecule has 4 nitrogen and oxygen atoms in total. The van der Waals surface area contributed by atoms with Gasteiger partial charge in [0.15, 0.2) is 0 Å². The quantitative estimate of drug-likeness (QED) is 0.728. The zero-order chi connectivity index (χ0) is 11.5. The molecular weight excluding hydrogens is 196 g/mol. The Morgan fingerprint density at radius 2 is 2.13 bits per heavy atom. The van der Waals surface area contributed by atoms with E-state index in [-0.39, 0.29) is 18.3 Å². The molecule has 1 saturated carbocycles. The summed E-state index contributed by atoms with van der Waals surface area (Å²) >= 11 is 0. The van der Waals surface area contributed by atoms with E-state index in [9.17, 15) is 9.59 Å². The Morgan fingerprint density at radius 1 is 1.47 bits per heavy atom. The Balaban J connectivity index is 2.80. The highest BCUT2D eigenvalue weighted by molar-refractivity contribution is 5.75. The first-order valence-electron chi connectivity index (χ1n) is 5.29. The lowest BCUT2D eigenvalue weighted by Gasteiger charge is -2.38. The van der Waals surface area contributed by atoms with E-state index in [0.717, 1.165) is 25.7 Å². The van der Waals surface area contributed by atoms with Crippen molar-refractivity contribution in [1.82, 2.24) is 0 Å². The average molecular weight is 214 g/mol. The van der Waals surface area contributed by atoms with Gasteiger partial charge in [0, 0.05) is 0 Å². The zero-order valence-corrected chi connectivity index (χ0v) is 9.28. The molecular formula is C11H18O4. The number of aliphatic carboxylic acids is 1. The van der Waals surface area contributed by atoms with Crippen LogP contribution in [0.25, 0.3) is 0 Å². The molecule has 0 saturated heterocycles. The van der Waals surface area contributed by atoms with E-state index in [2.05, 4.69) is 0 Å². The predicted molar refractivity (Wildman–Crippen MR) is 54.3 cm³/mol. The van der Waals surface area contributed by atoms with Gasteiger partial charge in [-0.2, -0.15) is 0 Å². The van der Waals surface area contributed by atoms with Gasteiger partial charge >= 0.3 is 11.9 Å². The lowest BCUT2D eigenvalue weighted by molar-refractivity contribution is -0.154. The van der Waals surface area contributed by atoms with Gasteiger partial charge in [0.2, 0.25) is 0 Å². The zero-order valence-electron chi connectivity index (χ0n) is 9.28. The number of hydrogen-bond donors (Lipinski definition) is 1. The first-order valence-corrected chi connectivity index (χ1v) is 5.29. The number of ether oxygens (including phenoxy) is 1. The van der Waals surface area contributed by atoms with Crippen molar-refractivity contribution in [2.75, 3.05) is 7.11 Å². The van der Waals surface area contributed by atoms with Crippen LogP contribution >= 0.6 is 0 Å².